The molecule has 1 aromatic rings. The van der Waals surface area contributed by atoms with E-state index in [1.807, 2.05) is 6.26 Å². The van der Waals surface area contributed by atoms with Gasteiger partial charge in [-0.3, -0.25) is 14.9 Å². The molecule has 0 aliphatic heterocycles. The Morgan fingerprint density at radius 2 is 2.30 bits per heavy atom. The zero-order valence-corrected chi connectivity index (χ0v) is 12.1. The van der Waals surface area contributed by atoms with E-state index in [-0.39, 0.29) is 17.3 Å². The van der Waals surface area contributed by atoms with E-state index in [0.717, 1.165) is 5.75 Å². The summed E-state index contributed by atoms with van der Waals surface area (Å²) in [5, 5.41) is 13.3. The fourth-order valence-electron chi connectivity index (χ4n) is 1.50. The fourth-order valence-corrected chi connectivity index (χ4v) is 1.99. The van der Waals surface area contributed by atoms with Gasteiger partial charge in [-0.05, 0) is 24.5 Å². The molecule has 1 amide bonds. The van der Waals surface area contributed by atoms with Gasteiger partial charge in [-0.15, -0.1) is 0 Å². The number of benzene rings is 1. The number of nitrogens with one attached hydrogen (secondary N) is 1. The number of methoxy groups -OCH3 is 1. The third kappa shape index (κ3) is 4.39. The molecule has 0 fully saturated rings. The van der Waals surface area contributed by atoms with Crippen LogP contribution in [0.5, 0.6) is 5.75 Å². The Morgan fingerprint density at radius 3 is 2.85 bits per heavy atom. The van der Waals surface area contributed by atoms with Crippen LogP contribution in [0.15, 0.2) is 18.2 Å². The number of ether oxygens (including phenoxy) is 1. The monoisotopic (exact) mass is 299 g/mol. The van der Waals surface area contributed by atoms with Crippen LogP contribution in [0.4, 0.5) is 11.4 Å². The quantitative estimate of drug-likeness (QED) is 0.585. The summed E-state index contributed by atoms with van der Waals surface area (Å²) in [6.45, 7) is 0. The lowest BCUT2D eigenvalue weighted by Gasteiger charge is -2.13. The number of amides is 1. The lowest BCUT2D eigenvalue weighted by molar-refractivity contribution is -0.384. The first-order valence-corrected chi connectivity index (χ1v) is 7.26. The molecular formula is C12H17N3O4S. The van der Waals surface area contributed by atoms with E-state index in [1.54, 1.807) is 11.8 Å². The van der Waals surface area contributed by atoms with Crippen LogP contribution in [0, 0.1) is 10.1 Å². The molecule has 0 unspecified atom stereocenters. The number of nitrogens with two attached hydrogens (primary N) is 1. The molecule has 7 nitrogen and oxygen atoms in total. The molecule has 1 atom stereocenters. The molecule has 110 valence electrons. The molecule has 0 bridgehead atoms. The van der Waals surface area contributed by atoms with E-state index in [2.05, 4.69) is 5.32 Å². The number of non-ortho nitro benzene ring substituents is 1. The summed E-state index contributed by atoms with van der Waals surface area (Å²) in [4.78, 5) is 22.0. The van der Waals surface area contributed by atoms with Crippen LogP contribution >= 0.6 is 11.8 Å². The Bertz CT molecular complexity index is 496. The number of hydrogen-bond acceptors (Lipinski definition) is 6. The normalized spacial score (nSPS) is 11.8. The van der Waals surface area contributed by atoms with Gasteiger partial charge in [-0.2, -0.15) is 11.8 Å². The number of thioether (sulfide) groups is 1. The molecule has 0 radical (unpaired) electrons. The van der Waals surface area contributed by atoms with E-state index in [4.69, 9.17) is 10.5 Å². The molecule has 0 heterocycles. The Labute approximate surface area is 121 Å². The number of nitrogens with zero attached hydrogens (tertiary/aromatic N) is 1. The van der Waals surface area contributed by atoms with Crippen molar-refractivity contribution in [2.24, 2.45) is 5.73 Å². The molecule has 3 N–H and O–H groups in total. The minimum atomic E-state index is -0.623. The van der Waals surface area contributed by atoms with Gasteiger partial charge in [0.2, 0.25) is 5.91 Å². The summed E-state index contributed by atoms with van der Waals surface area (Å²) >= 11 is 1.61. The van der Waals surface area contributed by atoms with E-state index >= 15 is 0 Å². The van der Waals surface area contributed by atoms with E-state index in [0.29, 0.717) is 12.1 Å². The highest BCUT2D eigenvalue weighted by Crippen LogP contribution is 2.29. The van der Waals surface area contributed by atoms with Crippen molar-refractivity contribution in [3.05, 3.63) is 28.3 Å². The molecule has 0 aromatic heterocycles. The maximum absolute atomic E-state index is 11.9. The van der Waals surface area contributed by atoms with Gasteiger partial charge in [0.05, 0.1) is 29.8 Å². The molecule has 0 saturated carbocycles. The van der Waals surface area contributed by atoms with Crippen molar-refractivity contribution in [2.75, 3.05) is 24.4 Å². The van der Waals surface area contributed by atoms with Crippen molar-refractivity contribution in [1.82, 2.24) is 0 Å². The largest absolute Gasteiger partial charge is 0.494 e. The van der Waals surface area contributed by atoms with Crippen molar-refractivity contribution in [2.45, 2.75) is 12.5 Å². The van der Waals surface area contributed by atoms with Crippen molar-refractivity contribution in [3.8, 4) is 5.75 Å². The predicted molar refractivity (Wildman–Crippen MR) is 79.3 cm³/mol. The van der Waals surface area contributed by atoms with Crippen molar-refractivity contribution < 1.29 is 14.5 Å². The maximum atomic E-state index is 11.9. The number of rotatable bonds is 7. The summed E-state index contributed by atoms with van der Waals surface area (Å²) in [7, 11) is 1.38. The summed E-state index contributed by atoms with van der Waals surface area (Å²) in [5.74, 6) is 0.669. The maximum Gasteiger partial charge on any atom is 0.273 e. The molecule has 0 saturated heterocycles. The van der Waals surface area contributed by atoms with E-state index < -0.39 is 11.0 Å². The van der Waals surface area contributed by atoms with E-state index in [9.17, 15) is 14.9 Å². The summed E-state index contributed by atoms with van der Waals surface area (Å²) < 4.78 is 5.03. The van der Waals surface area contributed by atoms with Crippen LogP contribution in [-0.2, 0) is 4.79 Å². The second-order valence-electron chi connectivity index (χ2n) is 4.02. The van der Waals surface area contributed by atoms with Gasteiger partial charge in [-0.25, -0.2) is 0 Å². The van der Waals surface area contributed by atoms with E-state index in [1.165, 1.54) is 25.3 Å². The highest BCUT2D eigenvalue weighted by molar-refractivity contribution is 7.98. The van der Waals surface area contributed by atoms with Gasteiger partial charge in [0.1, 0.15) is 5.75 Å². The third-order valence-electron chi connectivity index (χ3n) is 2.62. The molecule has 0 spiro atoms. The first-order chi connectivity index (χ1) is 9.49. The van der Waals surface area contributed by atoms with Crippen LogP contribution in [0.2, 0.25) is 0 Å². The minimum absolute atomic E-state index is 0.105. The average Bonchev–Trinajstić information content (AvgIpc) is 2.44. The van der Waals surface area contributed by atoms with Gasteiger partial charge in [0, 0.05) is 6.07 Å². The van der Waals surface area contributed by atoms with Crippen LogP contribution in [0.25, 0.3) is 0 Å². The zero-order chi connectivity index (χ0) is 15.1. The summed E-state index contributed by atoms with van der Waals surface area (Å²) in [6, 6.07) is 3.35. The second-order valence-corrected chi connectivity index (χ2v) is 5.00. The Kier molecular flexibility index (Phi) is 6.26. The highest BCUT2D eigenvalue weighted by Gasteiger charge is 2.17. The Morgan fingerprint density at radius 1 is 1.60 bits per heavy atom. The number of nitro groups is 1. The summed E-state index contributed by atoms with van der Waals surface area (Å²) in [5.41, 5.74) is 6.00. The van der Waals surface area contributed by atoms with Gasteiger partial charge in [0.15, 0.2) is 0 Å². The number of carbonyl (C=O) groups excluding carboxylic acids is 1. The first-order valence-electron chi connectivity index (χ1n) is 5.87. The summed E-state index contributed by atoms with van der Waals surface area (Å²) in [6.07, 6.45) is 2.49. The average molecular weight is 299 g/mol. The minimum Gasteiger partial charge on any atom is -0.494 e. The molecule has 1 rings (SSSR count). The van der Waals surface area contributed by atoms with Gasteiger partial charge in [-0.1, -0.05) is 0 Å². The van der Waals surface area contributed by atoms with Gasteiger partial charge >= 0.3 is 0 Å². The van der Waals surface area contributed by atoms with Crippen LogP contribution in [-0.4, -0.2) is 36.0 Å². The van der Waals surface area contributed by atoms with Gasteiger partial charge < -0.3 is 15.8 Å². The number of hydrogen-bond donors (Lipinski definition) is 2. The molecule has 0 aliphatic rings. The SMILES string of the molecule is COc1cc([N+](=O)[O-])ccc1NC(=O)[C@@H](N)CCSC. The third-order valence-corrected chi connectivity index (χ3v) is 3.27. The first kappa shape index (κ1) is 16.3. The standard InChI is InChI=1S/C12H17N3O4S/c1-19-11-7-8(15(17)18)3-4-10(11)14-12(16)9(13)5-6-20-2/h3-4,7,9H,5-6,13H2,1-2H3,(H,14,16)/t9-/m0/s1. The topological polar surface area (TPSA) is 107 Å². The second kappa shape index (κ2) is 7.71. The van der Waals surface area contributed by atoms with Crippen molar-refractivity contribution >= 4 is 29.0 Å². The van der Waals surface area contributed by atoms with Crippen LogP contribution < -0.4 is 15.8 Å². The van der Waals surface area contributed by atoms with Crippen LogP contribution in [0.3, 0.4) is 0 Å². The van der Waals surface area contributed by atoms with Crippen molar-refractivity contribution in [3.63, 3.8) is 0 Å². The number of nitro benzene ring substituents is 1. The lowest BCUT2D eigenvalue weighted by atomic mass is 10.2. The highest BCUT2D eigenvalue weighted by atomic mass is 32.2. The van der Waals surface area contributed by atoms with Crippen LogP contribution in [0.1, 0.15) is 6.42 Å². The molecule has 8 heteroatoms. The fraction of sp³-hybridized carbons (Fsp3) is 0.417. The smallest absolute Gasteiger partial charge is 0.273 e. The zero-order valence-electron chi connectivity index (χ0n) is 11.3. The van der Waals surface area contributed by atoms with Crippen molar-refractivity contribution in [1.29, 1.82) is 0 Å². The molecule has 20 heavy (non-hydrogen) atoms. The van der Waals surface area contributed by atoms with Gasteiger partial charge in [0.25, 0.3) is 5.69 Å². The number of anilines is 1. The Balaban J connectivity index is 2.81. The molecule has 1 aromatic carbocycles. The number of carbonyl (C=O) groups is 1. The molecule has 0 aliphatic carbocycles. The lowest BCUT2D eigenvalue weighted by Crippen LogP contribution is -2.36. The predicted octanol–water partition coefficient (Wildman–Crippen LogP) is 1.62. The molecular weight excluding hydrogens is 282 g/mol. The Hall–Kier alpha value is -1.80.